The molecule has 3 heterocycles. The fourth-order valence-corrected chi connectivity index (χ4v) is 7.97. The molecule has 0 amide bonds. The van der Waals surface area contributed by atoms with Crippen LogP contribution in [-0.2, 0) is 0 Å². The number of nitroso groups, excluding NO2 is 1. The predicted octanol–water partition coefficient (Wildman–Crippen LogP) is 9.33. The molecule has 9 nitrogen and oxygen atoms in total. The fraction of sp³-hybridized carbons (Fsp3) is 0.778. The zero-order valence-electron chi connectivity index (χ0n) is 28.4. The maximum atomic E-state index is 10.9. The first kappa shape index (κ1) is 42.3. The third-order valence-electron chi connectivity index (χ3n) is 10.5. The van der Waals surface area contributed by atoms with Crippen LogP contribution in [0.4, 0.5) is 0 Å². The maximum absolute atomic E-state index is 10.9. The standard InChI is InChI=1S/2C12H21N2O.C12H16N2O.ClH2.Nd/c3*15-14-12(10-6-2-1-3-7-10)11-8-4-5-9-13-11;;/h2*10-11,15H,1-9H2;4-5,8-10,13H,1-3,6-7H2;1H2;/q2*-1;;+1;+3/b2*14-12+;12-11-;;. The average Bonchev–Trinajstić information content (AvgIpc) is 3.13. The second-order valence-electron chi connectivity index (χ2n) is 13.6. The summed E-state index contributed by atoms with van der Waals surface area (Å²) in [7, 11) is 0. The molecule has 0 aromatic rings. The van der Waals surface area contributed by atoms with E-state index < -0.39 is 0 Å². The van der Waals surface area contributed by atoms with Gasteiger partial charge in [0, 0.05) is 23.5 Å². The van der Waals surface area contributed by atoms with Crippen molar-refractivity contribution in [2.45, 2.75) is 147 Å². The molecule has 6 rings (SSSR count). The Morgan fingerprint density at radius 2 is 1.04 bits per heavy atom. The second-order valence-corrected chi connectivity index (χ2v) is 13.6. The van der Waals surface area contributed by atoms with Gasteiger partial charge in [0.15, 0.2) is 0 Å². The zero-order valence-corrected chi connectivity index (χ0v) is 32.5. The van der Waals surface area contributed by atoms with Crippen LogP contribution in [0.2, 0.25) is 0 Å². The monoisotopic (exact) mass is 801 g/mol. The summed E-state index contributed by atoms with van der Waals surface area (Å²) in [5, 5.41) is 40.9. The van der Waals surface area contributed by atoms with Gasteiger partial charge in [-0.2, -0.15) is 0 Å². The zero-order chi connectivity index (χ0) is 31.5. The first-order valence-corrected chi connectivity index (χ1v) is 18.2. The molecule has 11 heteroatoms. The molecule has 2 saturated heterocycles. The van der Waals surface area contributed by atoms with Gasteiger partial charge in [0.1, 0.15) is 5.70 Å². The van der Waals surface area contributed by atoms with Crippen molar-refractivity contribution in [3.05, 3.63) is 51.4 Å². The van der Waals surface area contributed by atoms with Crippen LogP contribution < -0.4 is 5.32 Å². The van der Waals surface area contributed by atoms with E-state index in [-0.39, 0.29) is 65.3 Å². The van der Waals surface area contributed by atoms with Gasteiger partial charge >= 0.3 is 40.8 Å². The number of hydrogen-bond donors (Lipinski definition) is 3. The van der Waals surface area contributed by atoms with Crippen LogP contribution in [-0.4, -0.2) is 47.0 Å². The van der Waals surface area contributed by atoms with Crippen LogP contribution in [0.1, 0.15) is 135 Å². The molecule has 2 unspecified atom stereocenters. The van der Waals surface area contributed by atoms with E-state index >= 15 is 0 Å². The minimum atomic E-state index is 0. The Balaban J connectivity index is 0.000000240. The van der Waals surface area contributed by atoms with Gasteiger partial charge < -0.3 is 26.4 Å². The minimum Gasteiger partial charge on any atom is -0.655 e. The van der Waals surface area contributed by atoms with Crippen molar-refractivity contribution in [2.24, 2.45) is 33.2 Å². The molecule has 0 aromatic heterocycles. The third kappa shape index (κ3) is 14.1. The topological polar surface area (TPSA) is 135 Å². The van der Waals surface area contributed by atoms with Gasteiger partial charge in [0.05, 0.1) is 18.1 Å². The van der Waals surface area contributed by atoms with Crippen LogP contribution in [0.15, 0.2) is 51.3 Å². The van der Waals surface area contributed by atoms with E-state index in [1.165, 1.54) is 109 Å². The molecule has 3 N–H and O–H groups in total. The van der Waals surface area contributed by atoms with Gasteiger partial charge in [-0.1, -0.05) is 125 Å². The molecule has 1 radical (unpaired) electrons. The van der Waals surface area contributed by atoms with Crippen molar-refractivity contribution in [3.63, 3.8) is 0 Å². The summed E-state index contributed by atoms with van der Waals surface area (Å²) in [5.74, 6) is 1.38. The molecule has 3 aliphatic carbocycles. The first-order valence-electron chi connectivity index (χ1n) is 18.2. The summed E-state index contributed by atoms with van der Waals surface area (Å²) >= 11 is 0. The summed E-state index contributed by atoms with van der Waals surface area (Å²) in [6, 6.07) is 0.457. The van der Waals surface area contributed by atoms with Crippen molar-refractivity contribution >= 4 is 11.4 Å². The van der Waals surface area contributed by atoms with Crippen molar-refractivity contribution in [2.75, 3.05) is 13.1 Å². The molecule has 6 aliphatic rings. The van der Waals surface area contributed by atoms with Gasteiger partial charge in [0.25, 0.3) is 0 Å². The summed E-state index contributed by atoms with van der Waals surface area (Å²) in [6.45, 7) is 1.91. The van der Waals surface area contributed by atoms with E-state index in [4.69, 9.17) is 10.4 Å². The fourth-order valence-electron chi connectivity index (χ4n) is 7.97. The minimum absolute atomic E-state index is 0. The van der Waals surface area contributed by atoms with Crippen molar-refractivity contribution in [3.8, 4) is 0 Å². The van der Waals surface area contributed by atoms with E-state index in [0.717, 1.165) is 55.9 Å². The predicted molar refractivity (Wildman–Crippen MR) is 187 cm³/mol. The molecular formula is C36H60ClN6NdO3+2. The van der Waals surface area contributed by atoms with E-state index in [2.05, 4.69) is 31.4 Å². The second kappa shape index (κ2) is 25.1. The maximum Gasteiger partial charge on any atom is 3.00 e. The van der Waals surface area contributed by atoms with E-state index in [1.807, 2.05) is 24.4 Å². The van der Waals surface area contributed by atoms with E-state index in [0.29, 0.717) is 23.5 Å². The first-order chi connectivity index (χ1) is 22.2. The van der Waals surface area contributed by atoms with Crippen LogP contribution in [0.5, 0.6) is 0 Å². The number of hydrogen-bond acceptors (Lipinski definition) is 7. The number of oxime groups is 2. The Labute approximate surface area is 322 Å². The van der Waals surface area contributed by atoms with E-state index in [1.54, 1.807) is 0 Å². The normalized spacial score (nSPS) is 27.3. The molecule has 0 bridgehead atoms. The SMILES string of the molecule is O/N=C(\C1CCCCC1)C1CCCC[N-]1.O/N=C(\C1CCCCC1)C1CCCC[N-]1.O=N/C(=C1/C=CC=CN1)C1CCCCC1.[ClH2+].[Nd+3]. The number of piperidine rings is 2. The molecule has 5 fully saturated rings. The number of allylic oxidation sites excluding steroid dienone is 4. The Hall–Kier alpha value is -0.879. The van der Waals surface area contributed by atoms with E-state index in [9.17, 15) is 4.91 Å². The summed E-state index contributed by atoms with van der Waals surface area (Å²) in [5.41, 5.74) is 3.54. The Kier molecular flexibility index (Phi) is 22.6. The van der Waals surface area contributed by atoms with Crippen LogP contribution in [0.25, 0.3) is 10.6 Å². The summed E-state index contributed by atoms with van der Waals surface area (Å²) in [6.07, 6.45) is 33.2. The summed E-state index contributed by atoms with van der Waals surface area (Å²) in [4.78, 5) is 10.9. The molecule has 2 atom stereocenters. The van der Waals surface area contributed by atoms with Crippen molar-refractivity contribution in [1.82, 2.24) is 5.32 Å². The Morgan fingerprint density at radius 3 is 1.38 bits per heavy atom. The average molecular weight is 805 g/mol. The molecule has 261 valence electrons. The van der Waals surface area contributed by atoms with Crippen LogP contribution in [0.3, 0.4) is 0 Å². The molecule has 3 saturated carbocycles. The largest absolute Gasteiger partial charge is 3.00 e. The number of halogens is 1. The molecule has 0 spiro atoms. The van der Waals surface area contributed by atoms with Crippen molar-refractivity contribution < 1.29 is 63.7 Å². The van der Waals surface area contributed by atoms with Gasteiger partial charge in [-0.15, -0.1) is 18.0 Å². The van der Waals surface area contributed by atoms with Gasteiger partial charge in [-0.05, 0) is 67.7 Å². The Bertz CT molecular complexity index is 934. The quantitative estimate of drug-likeness (QED) is 0.107. The van der Waals surface area contributed by atoms with Gasteiger partial charge in [0.2, 0.25) is 0 Å². The summed E-state index contributed by atoms with van der Waals surface area (Å²) < 4.78 is 0. The third-order valence-corrected chi connectivity index (χ3v) is 10.5. The molecule has 47 heavy (non-hydrogen) atoms. The van der Waals surface area contributed by atoms with Crippen LogP contribution >= 0.6 is 0 Å². The van der Waals surface area contributed by atoms with Crippen LogP contribution in [0, 0.1) is 75.9 Å². The van der Waals surface area contributed by atoms with Gasteiger partial charge in [-0.3, -0.25) is 0 Å². The van der Waals surface area contributed by atoms with Gasteiger partial charge in [-0.25, -0.2) is 0 Å². The molecule has 0 aromatic carbocycles. The number of dihydropyridines is 1. The number of nitrogens with zero attached hydrogens (tertiary/aromatic N) is 5. The van der Waals surface area contributed by atoms with Crippen molar-refractivity contribution in [1.29, 1.82) is 0 Å². The Morgan fingerprint density at radius 1 is 0.617 bits per heavy atom. The molecule has 3 aliphatic heterocycles. The smallest absolute Gasteiger partial charge is 0.655 e. The number of nitrogens with one attached hydrogen (secondary N) is 1. The molecular weight excluding hydrogens is 744 g/mol. The number of rotatable bonds is 6.